The minimum Gasteiger partial charge on any atom is -0.315 e. The van der Waals surface area contributed by atoms with Crippen LogP contribution in [0, 0.1) is 0 Å². The molecular formula is C12H21N3S2. The molecule has 0 bridgehead atoms. The number of aromatic nitrogens is 2. The van der Waals surface area contributed by atoms with E-state index in [4.69, 9.17) is 0 Å². The molecule has 1 saturated heterocycles. The lowest BCUT2D eigenvalue weighted by Gasteiger charge is -2.05. The fourth-order valence-corrected chi connectivity index (χ4v) is 4.29. The average molecular weight is 271 g/mol. The highest BCUT2D eigenvalue weighted by Crippen LogP contribution is 2.40. The largest absolute Gasteiger partial charge is 0.315 e. The molecule has 1 aromatic rings. The molecule has 1 fully saturated rings. The third kappa shape index (κ3) is 4.23. The molecule has 1 N–H and O–H groups in total. The van der Waals surface area contributed by atoms with Gasteiger partial charge in [-0.1, -0.05) is 13.8 Å². The van der Waals surface area contributed by atoms with Crippen molar-refractivity contribution in [1.29, 1.82) is 0 Å². The van der Waals surface area contributed by atoms with Crippen molar-refractivity contribution < 1.29 is 0 Å². The Morgan fingerprint density at radius 1 is 1.41 bits per heavy atom. The molecule has 0 aromatic carbocycles. The Morgan fingerprint density at radius 2 is 2.29 bits per heavy atom. The van der Waals surface area contributed by atoms with Crippen molar-refractivity contribution in [3.63, 3.8) is 0 Å². The van der Waals surface area contributed by atoms with E-state index in [9.17, 15) is 0 Å². The summed E-state index contributed by atoms with van der Waals surface area (Å²) >= 11 is 3.85. The lowest BCUT2D eigenvalue weighted by Crippen LogP contribution is -2.23. The molecule has 0 radical (unpaired) electrons. The quantitative estimate of drug-likeness (QED) is 0.807. The van der Waals surface area contributed by atoms with E-state index in [-0.39, 0.29) is 0 Å². The second kappa shape index (κ2) is 6.71. The third-order valence-corrected chi connectivity index (χ3v) is 5.44. The van der Waals surface area contributed by atoms with E-state index in [1.807, 2.05) is 23.1 Å². The molecular weight excluding hydrogens is 250 g/mol. The number of nitrogens with zero attached hydrogens (tertiary/aromatic N) is 2. The Labute approximate surface area is 112 Å². The summed E-state index contributed by atoms with van der Waals surface area (Å²) in [7, 11) is 0. The summed E-state index contributed by atoms with van der Waals surface area (Å²) < 4.78 is 0. The number of thioether (sulfide) groups is 1. The fourth-order valence-electron chi connectivity index (χ4n) is 1.90. The minimum atomic E-state index is 0.579. The molecule has 96 valence electrons. The average Bonchev–Trinajstić information content (AvgIpc) is 2.94. The van der Waals surface area contributed by atoms with Crippen molar-refractivity contribution in [3.8, 4) is 0 Å². The molecule has 1 aliphatic heterocycles. The molecule has 1 unspecified atom stereocenters. The first kappa shape index (κ1) is 13.3. The molecule has 1 atom stereocenters. The SMILES string of the molecule is CC(C)NCCCc1nnc(C2CCCS2)s1. The molecule has 0 aliphatic carbocycles. The maximum Gasteiger partial charge on any atom is 0.130 e. The molecule has 3 nitrogen and oxygen atoms in total. The third-order valence-electron chi connectivity index (χ3n) is 2.81. The Balaban J connectivity index is 1.74. The molecule has 0 spiro atoms. The summed E-state index contributed by atoms with van der Waals surface area (Å²) in [5, 5.41) is 15.2. The van der Waals surface area contributed by atoms with Crippen LogP contribution >= 0.6 is 23.1 Å². The number of nitrogens with one attached hydrogen (secondary N) is 1. The van der Waals surface area contributed by atoms with Crippen molar-refractivity contribution in [1.82, 2.24) is 15.5 Å². The Morgan fingerprint density at radius 3 is 3.00 bits per heavy atom. The van der Waals surface area contributed by atoms with Crippen LogP contribution in [0.15, 0.2) is 0 Å². The van der Waals surface area contributed by atoms with Gasteiger partial charge in [0, 0.05) is 12.5 Å². The summed E-state index contributed by atoms with van der Waals surface area (Å²) in [4.78, 5) is 0. The van der Waals surface area contributed by atoms with Crippen LogP contribution in [-0.2, 0) is 6.42 Å². The number of hydrogen-bond acceptors (Lipinski definition) is 5. The Bertz CT molecular complexity index is 332. The Hall–Kier alpha value is -0.130. The first-order valence-corrected chi connectivity index (χ1v) is 8.29. The molecule has 1 aromatic heterocycles. The number of aryl methyl sites for hydroxylation is 1. The summed E-state index contributed by atoms with van der Waals surface area (Å²) in [6, 6.07) is 0.579. The minimum absolute atomic E-state index is 0.579. The molecule has 0 saturated carbocycles. The predicted molar refractivity (Wildman–Crippen MR) is 75.8 cm³/mol. The van der Waals surface area contributed by atoms with Gasteiger partial charge in [-0.2, -0.15) is 11.8 Å². The highest BCUT2D eigenvalue weighted by atomic mass is 32.2. The van der Waals surface area contributed by atoms with Crippen LogP contribution in [0.2, 0.25) is 0 Å². The predicted octanol–water partition coefficient (Wildman–Crippen LogP) is 3.04. The van der Waals surface area contributed by atoms with Crippen molar-refractivity contribution >= 4 is 23.1 Å². The van der Waals surface area contributed by atoms with Crippen molar-refractivity contribution in [2.75, 3.05) is 12.3 Å². The van der Waals surface area contributed by atoms with E-state index in [1.165, 1.54) is 28.6 Å². The van der Waals surface area contributed by atoms with Crippen LogP contribution in [0.4, 0.5) is 0 Å². The summed E-state index contributed by atoms with van der Waals surface area (Å²) in [5.41, 5.74) is 0. The number of rotatable bonds is 6. The van der Waals surface area contributed by atoms with Gasteiger partial charge in [0.15, 0.2) is 0 Å². The zero-order valence-electron chi connectivity index (χ0n) is 10.6. The smallest absolute Gasteiger partial charge is 0.130 e. The van der Waals surface area contributed by atoms with Crippen LogP contribution in [-0.4, -0.2) is 28.5 Å². The van der Waals surface area contributed by atoms with Gasteiger partial charge in [-0.3, -0.25) is 0 Å². The van der Waals surface area contributed by atoms with Gasteiger partial charge in [-0.25, -0.2) is 0 Å². The van der Waals surface area contributed by atoms with Crippen molar-refractivity contribution in [2.24, 2.45) is 0 Å². The highest BCUT2D eigenvalue weighted by Gasteiger charge is 2.21. The molecule has 1 aliphatic rings. The van der Waals surface area contributed by atoms with Crippen molar-refractivity contribution in [3.05, 3.63) is 10.0 Å². The van der Waals surface area contributed by atoms with Crippen LogP contribution in [0.1, 0.15) is 48.4 Å². The standard InChI is InChI=1S/C12H21N3S2/c1-9(2)13-7-3-6-11-14-15-12(17-11)10-5-4-8-16-10/h9-10,13H,3-8H2,1-2H3. The van der Waals surface area contributed by atoms with Crippen molar-refractivity contribution in [2.45, 2.75) is 50.8 Å². The van der Waals surface area contributed by atoms with E-state index in [0.29, 0.717) is 11.3 Å². The van der Waals surface area contributed by atoms with Gasteiger partial charge in [-0.15, -0.1) is 21.5 Å². The second-order valence-corrected chi connectivity index (χ2v) is 7.15. The maximum absolute atomic E-state index is 4.34. The topological polar surface area (TPSA) is 37.8 Å². The zero-order chi connectivity index (χ0) is 12.1. The van der Waals surface area contributed by atoms with E-state index in [0.717, 1.165) is 19.4 Å². The molecule has 17 heavy (non-hydrogen) atoms. The van der Waals surface area contributed by atoms with Gasteiger partial charge < -0.3 is 5.32 Å². The van der Waals surface area contributed by atoms with E-state index < -0.39 is 0 Å². The normalized spacial score (nSPS) is 20.3. The van der Waals surface area contributed by atoms with Gasteiger partial charge in [0.05, 0.1) is 5.25 Å². The van der Waals surface area contributed by atoms with E-state index >= 15 is 0 Å². The van der Waals surface area contributed by atoms with Gasteiger partial charge in [0.1, 0.15) is 10.0 Å². The fraction of sp³-hybridized carbons (Fsp3) is 0.833. The molecule has 2 heterocycles. The number of hydrogen-bond donors (Lipinski definition) is 1. The van der Waals surface area contributed by atoms with Gasteiger partial charge in [0.25, 0.3) is 0 Å². The molecule has 5 heteroatoms. The van der Waals surface area contributed by atoms with E-state index in [2.05, 4.69) is 29.4 Å². The van der Waals surface area contributed by atoms with E-state index in [1.54, 1.807) is 0 Å². The van der Waals surface area contributed by atoms with Crippen LogP contribution in [0.25, 0.3) is 0 Å². The molecule has 0 amide bonds. The van der Waals surface area contributed by atoms with Crippen LogP contribution in [0.5, 0.6) is 0 Å². The second-order valence-electron chi connectivity index (χ2n) is 4.75. The van der Waals surface area contributed by atoms with Crippen LogP contribution < -0.4 is 5.32 Å². The lowest BCUT2D eigenvalue weighted by atomic mass is 10.3. The molecule has 2 rings (SSSR count). The zero-order valence-corrected chi connectivity index (χ0v) is 12.2. The lowest BCUT2D eigenvalue weighted by molar-refractivity contribution is 0.569. The first-order valence-electron chi connectivity index (χ1n) is 6.43. The Kier molecular flexibility index (Phi) is 5.25. The summed E-state index contributed by atoms with van der Waals surface area (Å²) in [5.74, 6) is 1.29. The van der Waals surface area contributed by atoms with Gasteiger partial charge in [-0.05, 0) is 31.6 Å². The highest BCUT2D eigenvalue weighted by molar-refractivity contribution is 7.99. The van der Waals surface area contributed by atoms with Gasteiger partial charge in [0.2, 0.25) is 0 Å². The van der Waals surface area contributed by atoms with Gasteiger partial charge >= 0.3 is 0 Å². The van der Waals surface area contributed by atoms with Crippen LogP contribution in [0.3, 0.4) is 0 Å². The maximum atomic E-state index is 4.34. The monoisotopic (exact) mass is 271 g/mol. The summed E-state index contributed by atoms with van der Waals surface area (Å²) in [6.07, 6.45) is 4.84. The first-order chi connectivity index (χ1) is 8.25. The summed E-state index contributed by atoms with van der Waals surface area (Å²) in [6.45, 7) is 5.44.